The number of aliphatic carboxylic acids is 1. The predicted molar refractivity (Wildman–Crippen MR) is 89.6 cm³/mol. The summed E-state index contributed by atoms with van der Waals surface area (Å²) in [7, 11) is 1.47. The zero-order chi connectivity index (χ0) is 17.8. The summed E-state index contributed by atoms with van der Waals surface area (Å²) >= 11 is 0. The van der Waals surface area contributed by atoms with E-state index >= 15 is 0 Å². The zero-order valence-electron chi connectivity index (χ0n) is 13.7. The first-order valence-electron chi connectivity index (χ1n) is 7.51. The molecule has 1 N–H and O–H groups in total. The van der Waals surface area contributed by atoms with Gasteiger partial charge in [0.25, 0.3) is 5.89 Å². The fraction of sp³-hybridized carbons (Fsp3) is 0.167. The van der Waals surface area contributed by atoms with Gasteiger partial charge in [0.2, 0.25) is 5.82 Å². The van der Waals surface area contributed by atoms with Gasteiger partial charge in [0.05, 0.1) is 7.11 Å². The first-order valence-corrected chi connectivity index (χ1v) is 7.51. The molecule has 25 heavy (non-hydrogen) atoms. The molecule has 0 saturated heterocycles. The Morgan fingerprint density at radius 3 is 2.72 bits per heavy atom. The Balaban J connectivity index is 1.90. The van der Waals surface area contributed by atoms with Crippen molar-refractivity contribution in [1.82, 2.24) is 10.1 Å². The third-order valence-corrected chi connectivity index (χ3v) is 3.57. The van der Waals surface area contributed by atoms with Gasteiger partial charge in [-0.2, -0.15) is 4.98 Å². The minimum Gasteiger partial charge on any atom is -0.493 e. The van der Waals surface area contributed by atoms with Crippen LogP contribution >= 0.6 is 0 Å². The highest BCUT2D eigenvalue weighted by Gasteiger charge is 2.15. The number of carboxylic acid groups (broad SMARTS) is 1. The lowest BCUT2D eigenvalue weighted by Crippen LogP contribution is -2.10. The van der Waals surface area contributed by atoms with Gasteiger partial charge in [0.15, 0.2) is 18.1 Å². The summed E-state index contributed by atoms with van der Waals surface area (Å²) in [5, 5.41) is 12.7. The topological polar surface area (TPSA) is 94.7 Å². The van der Waals surface area contributed by atoms with Crippen LogP contribution in [-0.2, 0) is 4.79 Å². The molecule has 0 fully saturated rings. The summed E-state index contributed by atoms with van der Waals surface area (Å²) in [5.74, 6) is 0.490. The summed E-state index contributed by atoms with van der Waals surface area (Å²) in [4.78, 5) is 15.1. The maximum atomic E-state index is 10.6. The molecule has 2 aromatic carbocycles. The Labute approximate surface area is 143 Å². The van der Waals surface area contributed by atoms with E-state index in [-0.39, 0.29) is 0 Å². The lowest BCUT2D eigenvalue weighted by atomic mass is 10.1. The lowest BCUT2D eigenvalue weighted by molar-refractivity contribution is -0.139. The van der Waals surface area contributed by atoms with Crippen molar-refractivity contribution in [2.75, 3.05) is 13.7 Å². The van der Waals surface area contributed by atoms with Crippen molar-refractivity contribution in [2.45, 2.75) is 6.92 Å². The second-order valence-electron chi connectivity index (χ2n) is 5.29. The number of ether oxygens (including phenoxy) is 2. The molecular weight excluding hydrogens is 324 g/mol. The number of aryl methyl sites for hydroxylation is 1. The van der Waals surface area contributed by atoms with Gasteiger partial charge in [-0.1, -0.05) is 23.4 Å². The van der Waals surface area contributed by atoms with Crippen molar-refractivity contribution in [3.05, 3.63) is 48.0 Å². The van der Waals surface area contributed by atoms with Crippen LogP contribution < -0.4 is 9.47 Å². The molecule has 7 nitrogen and oxygen atoms in total. The van der Waals surface area contributed by atoms with E-state index in [0.717, 1.165) is 11.1 Å². The van der Waals surface area contributed by atoms with Gasteiger partial charge in [-0.15, -0.1) is 0 Å². The molecule has 1 heterocycles. The molecule has 0 aliphatic heterocycles. The summed E-state index contributed by atoms with van der Waals surface area (Å²) in [5.41, 5.74) is 2.57. The number of rotatable bonds is 6. The molecule has 0 aliphatic rings. The highest BCUT2D eigenvalue weighted by Crippen LogP contribution is 2.32. The fourth-order valence-corrected chi connectivity index (χ4v) is 2.33. The summed E-state index contributed by atoms with van der Waals surface area (Å²) in [6.45, 7) is 1.52. The first-order chi connectivity index (χ1) is 12.1. The number of methoxy groups -OCH3 is 1. The normalized spacial score (nSPS) is 10.5. The molecule has 128 valence electrons. The number of carboxylic acids is 1. The van der Waals surface area contributed by atoms with Crippen LogP contribution in [0, 0.1) is 6.92 Å². The number of hydrogen-bond acceptors (Lipinski definition) is 6. The largest absolute Gasteiger partial charge is 0.493 e. The quantitative estimate of drug-likeness (QED) is 0.736. The summed E-state index contributed by atoms with van der Waals surface area (Å²) in [6.07, 6.45) is 0. The molecule has 0 amide bonds. The average Bonchev–Trinajstić information content (AvgIpc) is 3.10. The van der Waals surface area contributed by atoms with Crippen LogP contribution in [0.15, 0.2) is 47.0 Å². The van der Waals surface area contributed by atoms with Crippen LogP contribution in [0.25, 0.3) is 22.8 Å². The molecule has 7 heteroatoms. The van der Waals surface area contributed by atoms with E-state index in [1.807, 2.05) is 31.2 Å². The highest BCUT2D eigenvalue weighted by molar-refractivity contribution is 5.69. The molecule has 3 rings (SSSR count). The van der Waals surface area contributed by atoms with Crippen LogP contribution in [-0.4, -0.2) is 34.9 Å². The average molecular weight is 340 g/mol. The monoisotopic (exact) mass is 340 g/mol. The van der Waals surface area contributed by atoms with Gasteiger partial charge in [-0.25, -0.2) is 4.79 Å². The summed E-state index contributed by atoms with van der Waals surface area (Å²) in [6, 6.07) is 12.7. The molecule has 1 aromatic heterocycles. The van der Waals surface area contributed by atoms with Crippen molar-refractivity contribution in [2.24, 2.45) is 0 Å². The third-order valence-electron chi connectivity index (χ3n) is 3.57. The number of nitrogens with zero attached hydrogens (tertiary/aromatic N) is 2. The molecule has 0 unspecified atom stereocenters. The van der Waals surface area contributed by atoms with Crippen molar-refractivity contribution >= 4 is 5.97 Å². The van der Waals surface area contributed by atoms with Crippen molar-refractivity contribution in [3.63, 3.8) is 0 Å². The van der Waals surface area contributed by atoms with Crippen molar-refractivity contribution in [1.29, 1.82) is 0 Å². The van der Waals surface area contributed by atoms with Crippen LogP contribution in [0.5, 0.6) is 11.5 Å². The number of hydrogen-bond donors (Lipinski definition) is 1. The minimum atomic E-state index is -1.06. The number of carbonyl (C=O) groups is 1. The number of benzene rings is 2. The van der Waals surface area contributed by atoms with Crippen LogP contribution in [0.2, 0.25) is 0 Å². The Kier molecular flexibility index (Phi) is 4.65. The van der Waals surface area contributed by atoms with E-state index in [2.05, 4.69) is 10.1 Å². The second-order valence-corrected chi connectivity index (χ2v) is 5.29. The van der Waals surface area contributed by atoms with E-state index < -0.39 is 12.6 Å². The van der Waals surface area contributed by atoms with Crippen molar-refractivity contribution in [3.8, 4) is 34.3 Å². The van der Waals surface area contributed by atoms with Gasteiger partial charge in [-0.05, 0) is 36.8 Å². The van der Waals surface area contributed by atoms with E-state index in [1.54, 1.807) is 18.2 Å². The Bertz CT molecular complexity index is 904. The Morgan fingerprint density at radius 2 is 2.00 bits per heavy atom. The van der Waals surface area contributed by atoms with Gasteiger partial charge in [0.1, 0.15) is 0 Å². The molecule has 0 aliphatic carbocycles. The molecule has 0 saturated carbocycles. The summed E-state index contributed by atoms with van der Waals surface area (Å²) < 4.78 is 15.8. The van der Waals surface area contributed by atoms with E-state index in [4.69, 9.17) is 19.1 Å². The van der Waals surface area contributed by atoms with Gasteiger partial charge in [-0.3, -0.25) is 0 Å². The van der Waals surface area contributed by atoms with E-state index in [9.17, 15) is 4.79 Å². The molecule has 0 bridgehead atoms. The van der Waals surface area contributed by atoms with Crippen LogP contribution in [0.3, 0.4) is 0 Å². The molecule has 3 aromatic rings. The van der Waals surface area contributed by atoms with Crippen LogP contribution in [0.4, 0.5) is 0 Å². The second kappa shape index (κ2) is 7.04. The maximum Gasteiger partial charge on any atom is 0.341 e. The highest BCUT2D eigenvalue weighted by atomic mass is 16.5. The van der Waals surface area contributed by atoms with E-state index in [0.29, 0.717) is 28.8 Å². The smallest absolute Gasteiger partial charge is 0.341 e. The number of aromatic nitrogens is 2. The standard InChI is InChI=1S/C18H16N2O5/c1-11-5-3-4-6-13(11)18-19-17(20-25-18)12-7-8-14(15(9-12)23-2)24-10-16(21)22/h3-9H,10H2,1-2H3,(H,21,22). The maximum absolute atomic E-state index is 10.6. The molecule has 0 spiro atoms. The van der Waals surface area contributed by atoms with Crippen molar-refractivity contribution < 1.29 is 23.9 Å². The lowest BCUT2D eigenvalue weighted by Gasteiger charge is -2.09. The Morgan fingerprint density at radius 1 is 1.20 bits per heavy atom. The molecular formula is C18H16N2O5. The van der Waals surface area contributed by atoms with Crippen LogP contribution in [0.1, 0.15) is 5.56 Å². The minimum absolute atomic E-state index is 0.330. The zero-order valence-corrected chi connectivity index (χ0v) is 13.7. The Hall–Kier alpha value is -3.35. The van der Waals surface area contributed by atoms with Gasteiger partial charge in [0, 0.05) is 11.1 Å². The first kappa shape index (κ1) is 16.5. The SMILES string of the molecule is COc1cc(-c2noc(-c3ccccc3C)n2)ccc1OCC(=O)O. The van der Waals surface area contributed by atoms with Gasteiger partial charge < -0.3 is 19.1 Å². The predicted octanol–water partition coefficient (Wildman–Crippen LogP) is 3.18. The molecule has 0 atom stereocenters. The fourth-order valence-electron chi connectivity index (χ4n) is 2.33. The van der Waals surface area contributed by atoms with Gasteiger partial charge >= 0.3 is 5.97 Å². The molecule has 0 radical (unpaired) electrons. The van der Waals surface area contributed by atoms with E-state index in [1.165, 1.54) is 7.11 Å². The third kappa shape index (κ3) is 3.60.